The Balaban J connectivity index is 2.23. The number of aryl methyl sites for hydroxylation is 1. The molecule has 2 aromatic rings. The summed E-state index contributed by atoms with van der Waals surface area (Å²) in [6, 6.07) is 2.16. The molecule has 4 nitrogen and oxygen atoms in total. The zero-order chi connectivity index (χ0) is 11.4. The van der Waals surface area contributed by atoms with Gasteiger partial charge in [-0.2, -0.15) is 0 Å². The fourth-order valence-electron chi connectivity index (χ4n) is 1.65. The summed E-state index contributed by atoms with van der Waals surface area (Å²) in [6.07, 6.45) is 7.33. The topological polar surface area (TPSA) is 42.7 Å². The average molecular weight is 216 g/mol. The number of rotatable bonds is 4. The van der Waals surface area contributed by atoms with Crippen LogP contribution < -0.4 is 5.32 Å². The molecule has 0 unspecified atom stereocenters. The second kappa shape index (κ2) is 4.90. The van der Waals surface area contributed by atoms with Gasteiger partial charge in [-0.05, 0) is 30.7 Å². The van der Waals surface area contributed by atoms with Crippen LogP contribution in [0.25, 0.3) is 5.82 Å². The van der Waals surface area contributed by atoms with Gasteiger partial charge in [-0.3, -0.25) is 4.57 Å². The molecule has 0 bridgehead atoms. The van der Waals surface area contributed by atoms with Crippen LogP contribution in [0.15, 0.2) is 31.0 Å². The maximum atomic E-state index is 4.46. The summed E-state index contributed by atoms with van der Waals surface area (Å²) in [5.41, 5.74) is 2.37. The van der Waals surface area contributed by atoms with E-state index in [0.717, 1.165) is 24.5 Å². The summed E-state index contributed by atoms with van der Waals surface area (Å²) in [4.78, 5) is 8.48. The molecule has 2 heterocycles. The number of pyridine rings is 1. The number of aromatic nitrogens is 3. The first kappa shape index (κ1) is 10.8. The summed E-state index contributed by atoms with van der Waals surface area (Å²) in [6.45, 7) is 6.01. The lowest BCUT2D eigenvalue weighted by atomic mass is 10.2. The van der Waals surface area contributed by atoms with Gasteiger partial charge in [0, 0.05) is 25.1 Å². The first-order valence-electron chi connectivity index (χ1n) is 5.46. The Hall–Kier alpha value is -1.68. The van der Waals surface area contributed by atoms with Crippen molar-refractivity contribution in [2.45, 2.75) is 20.4 Å². The number of nitrogens with one attached hydrogen (secondary N) is 1. The predicted molar refractivity (Wildman–Crippen MR) is 63.5 cm³/mol. The SMILES string of the molecule is CCNCc1cnc(-n2ccnc2)c(C)c1. The molecule has 2 rings (SSSR count). The summed E-state index contributed by atoms with van der Waals surface area (Å²) < 4.78 is 1.92. The van der Waals surface area contributed by atoms with Gasteiger partial charge in [-0.25, -0.2) is 9.97 Å². The van der Waals surface area contributed by atoms with Crippen LogP contribution in [0.1, 0.15) is 18.1 Å². The lowest BCUT2D eigenvalue weighted by molar-refractivity contribution is 0.723. The minimum atomic E-state index is 0.870. The Labute approximate surface area is 95.4 Å². The largest absolute Gasteiger partial charge is 0.313 e. The Morgan fingerprint density at radius 2 is 2.31 bits per heavy atom. The van der Waals surface area contributed by atoms with Crippen LogP contribution in [0.4, 0.5) is 0 Å². The monoisotopic (exact) mass is 216 g/mol. The van der Waals surface area contributed by atoms with E-state index in [2.05, 4.69) is 35.2 Å². The van der Waals surface area contributed by atoms with E-state index in [9.17, 15) is 0 Å². The Bertz CT molecular complexity index is 448. The molecule has 0 amide bonds. The molecule has 0 aliphatic rings. The third kappa shape index (κ3) is 2.28. The molecule has 0 saturated carbocycles. The van der Waals surface area contributed by atoms with Crippen LogP contribution in [0, 0.1) is 6.92 Å². The van der Waals surface area contributed by atoms with Gasteiger partial charge in [-0.15, -0.1) is 0 Å². The highest BCUT2D eigenvalue weighted by atomic mass is 15.1. The highest BCUT2D eigenvalue weighted by Crippen LogP contribution is 2.11. The number of hydrogen-bond donors (Lipinski definition) is 1. The third-order valence-electron chi connectivity index (χ3n) is 2.44. The fraction of sp³-hybridized carbons (Fsp3) is 0.333. The van der Waals surface area contributed by atoms with E-state index in [1.165, 1.54) is 5.56 Å². The van der Waals surface area contributed by atoms with Crippen molar-refractivity contribution in [2.75, 3.05) is 6.54 Å². The highest BCUT2D eigenvalue weighted by molar-refractivity contribution is 5.35. The zero-order valence-corrected chi connectivity index (χ0v) is 9.64. The van der Waals surface area contributed by atoms with Crippen molar-refractivity contribution in [1.29, 1.82) is 0 Å². The molecule has 2 aromatic heterocycles. The predicted octanol–water partition coefficient (Wildman–Crippen LogP) is 1.69. The van der Waals surface area contributed by atoms with Gasteiger partial charge < -0.3 is 5.32 Å². The van der Waals surface area contributed by atoms with Gasteiger partial charge in [0.05, 0.1) is 0 Å². The van der Waals surface area contributed by atoms with Gasteiger partial charge in [0.25, 0.3) is 0 Å². The normalized spacial score (nSPS) is 10.6. The minimum absolute atomic E-state index is 0.870. The summed E-state index contributed by atoms with van der Waals surface area (Å²) in [7, 11) is 0. The Kier molecular flexibility index (Phi) is 3.31. The molecule has 1 N–H and O–H groups in total. The third-order valence-corrected chi connectivity index (χ3v) is 2.44. The molecule has 0 spiro atoms. The van der Waals surface area contributed by atoms with Crippen molar-refractivity contribution in [3.05, 3.63) is 42.1 Å². The molecular formula is C12H16N4. The van der Waals surface area contributed by atoms with E-state index in [1.54, 1.807) is 12.5 Å². The van der Waals surface area contributed by atoms with Crippen molar-refractivity contribution in [1.82, 2.24) is 19.9 Å². The summed E-state index contributed by atoms with van der Waals surface area (Å²) >= 11 is 0. The number of imidazole rings is 1. The first-order valence-corrected chi connectivity index (χ1v) is 5.46. The smallest absolute Gasteiger partial charge is 0.140 e. The van der Waals surface area contributed by atoms with Crippen LogP contribution in [0.5, 0.6) is 0 Å². The molecule has 4 heteroatoms. The van der Waals surface area contributed by atoms with E-state index in [1.807, 2.05) is 17.0 Å². The van der Waals surface area contributed by atoms with Crippen molar-refractivity contribution < 1.29 is 0 Å². The van der Waals surface area contributed by atoms with E-state index in [4.69, 9.17) is 0 Å². The molecule has 0 fully saturated rings. The molecule has 0 aliphatic heterocycles. The van der Waals surface area contributed by atoms with Crippen molar-refractivity contribution >= 4 is 0 Å². The molecule has 84 valence electrons. The zero-order valence-electron chi connectivity index (χ0n) is 9.64. The van der Waals surface area contributed by atoms with Gasteiger partial charge in [-0.1, -0.05) is 6.92 Å². The quantitative estimate of drug-likeness (QED) is 0.845. The van der Waals surface area contributed by atoms with Crippen molar-refractivity contribution in [3.63, 3.8) is 0 Å². The van der Waals surface area contributed by atoms with Crippen LogP contribution in [0.3, 0.4) is 0 Å². The molecule has 16 heavy (non-hydrogen) atoms. The summed E-state index contributed by atoms with van der Waals surface area (Å²) in [5.74, 6) is 0.942. The maximum Gasteiger partial charge on any atom is 0.140 e. The lowest BCUT2D eigenvalue weighted by Gasteiger charge is -2.08. The second-order valence-electron chi connectivity index (χ2n) is 3.73. The van der Waals surface area contributed by atoms with Crippen LogP contribution >= 0.6 is 0 Å². The van der Waals surface area contributed by atoms with Gasteiger partial charge in [0.1, 0.15) is 12.1 Å². The molecule has 0 radical (unpaired) electrons. The molecule has 0 aliphatic carbocycles. The van der Waals surface area contributed by atoms with Crippen molar-refractivity contribution in [2.24, 2.45) is 0 Å². The van der Waals surface area contributed by atoms with Crippen LogP contribution in [-0.4, -0.2) is 21.1 Å². The fourth-order valence-corrected chi connectivity index (χ4v) is 1.65. The van der Waals surface area contributed by atoms with E-state index in [0.29, 0.717) is 0 Å². The standard InChI is InChI=1S/C12H16N4/c1-3-13-7-11-6-10(2)12(15-8-11)16-5-4-14-9-16/h4-6,8-9,13H,3,7H2,1-2H3. The molecule has 0 saturated heterocycles. The molecule has 0 atom stereocenters. The van der Waals surface area contributed by atoms with E-state index < -0.39 is 0 Å². The average Bonchev–Trinajstić information content (AvgIpc) is 2.80. The summed E-state index contributed by atoms with van der Waals surface area (Å²) in [5, 5.41) is 3.29. The Morgan fingerprint density at radius 1 is 1.44 bits per heavy atom. The highest BCUT2D eigenvalue weighted by Gasteiger charge is 2.03. The molecular weight excluding hydrogens is 200 g/mol. The van der Waals surface area contributed by atoms with E-state index in [-0.39, 0.29) is 0 Å². The van der Waals surface area contributed by atoms with Gasteiger partial charge in [0.2, 0.25) is 0 Å². The lowest BCUT2D eigenvalue weighted by Crippen LogP contribution is -2.12. The van der Waals surface area contributed by atoms with Gasteiger partial charge in [0.15, 0.2) is 0 Å². The number of nitrogens with zero attached hydrogens (tertiary/aromatic N) is 3. The van der Waals surface area contributed by atoms with Crippen LogP contribution in [0.2, 0.25) is 0 Å². The van der Waals surface area contributed by atoms with E-state index >= 15 is 0 Å². The first-order chi connectivity index (χ1) is 7.81. The molecule has 0 aromatic carbocycles. The number of hydrogen-bond acceptors (Lipinski definition) is 3. The second-order valence-corrected chi connectivity index (χ2v) is 3.73. The minimum Gasteiger partial charge on any atom is -0.313 e. The Morgan fingerprint density at radius 3 is 2.94 bits per heavy atom. The van der Waals surface area contributed by atoms with Crippen LogP contribution in [-0.2, 0) is 6.54 Å². The van der Waals surface area contributed by atoms with Gasteiger partial charge >= 0.3 is 0 Å². The van der Waals surface area contributed by atoms with Crippen molar-refractivity contribution in [3.8, 4) is 5.82 Å². The maximum absolute atomic E-state index is 4.46.